The first kappa shape index (κ1) is 24.7. The zero-order valence-electron chi connectivity index (χ0n) is 18.4. The third-order valence-electron chi connectivity index (χ3n) is 4.84. The number of amides is 1. The number of hydrogen-bond acceptors (Lipinski definition) is 6. The Kier molecular flexibility index (Phi) is 8.21. The molecule has 3 rings (SSSR count). The van der Waals surface area contributed by atoms with Gasteiger partial charge in [-0.2, -0.15) is 5.26 Å². The van der Waals surface area contributed by atoms with E-state index in [9.17, 15) is 20.2 Å². The zero-order valence-corrected chi connectivity index (χ0v) is 20.5. The highest BCUT2D eigenvalue weighted by molar-refractivity contribution is 14.1. The summed E-state index contributed by atoms with van der Waals surface area (Å²) in [4.78, 5) is 22.7. The van der Waals surface area contributed by atoms with Gasteiger partial charge in [0, 0.05) is 17.8 Å². The summed E-state index contributed by atoms with van der Waals surface area (Å²) in [5.41, 5.74) is 3.17. The molecule has 0 atom stereocenters. The number of aryl methyl sites for hydroxylation is 1. The summed E-state index contributed by atoms with van der Waals surface area (Å²) in [7, 11) is 1.49. The molecule has 0 aliphatic rings. The molecule has 3 aromatic carbocycles. The molecule has 1 N–H and O–H groups in total. The molecular weight excluding hydrogens is 549 g/mol. The number of nitro benzene ring substituents is 1. The largest absolute Gasteiger partial charge is 0.493 e. The summed E-state index contributed by atoms with van der Waals surface area (Å²) in [6.45, 7) is 1.70. The Bertz CT molecular complexity index is 1300. The molecule has 0 heterocycles. The lowest BCUT2D eigenvalue weighted by Gasteiger charge is -2.14. The maximum absolute atomic E-state index is 12.4. The van der Waals surface area contributed by atoms with Crippen LogP contribution in [-0.4, -0.2) is 24.5 Å². The Morgan fingerprint density at radius 1 is 1.21 bits per heavy atom. The summed E-state index contributed by atoms with van der Waals surface area (Å²) in [6.07, 6.45) is 1.65. The van der Waals surface area contributed by atoms with Crippen LogP contribution in [0, 0.1) is 31.9 Å². The number of benzene rings is 3. The number of allylic oxidation sites excluding steroid dienone is 1. The second-order valence-electron chi connectivity index (χ2n) is 7.16. The van der Waals surface area contributed by atoms with E-state index in [0.717, 1.165) is 5.56 Å². The number of hydrogen-bond donors (Lipinski definition) is 1. The molecule has 0 saturated heterocycles. The molecule has 8 nitrogen and oxygen atoms in total. The van der Waals surface area contributed by atoms with Crippen molar-refractivity contribution in [3.8, 4) is 17.6 Å². The fourth-order valence-electron chi connectivity index (χ4n) is 3.11. The number of nitriles is 1. The van der Waals surface area contributed by atoms with Crippen LogP contribution in [0.15, 0.2) is 60.7 Å². The number of carbonyl (C=O) groups excluding carboxylic acids is 1. The number of para-hydroxylation sites is 1. The van der Waals surface area contributed by atoms with Crippen molar-refractivity contribution < 1.29 is 19.2 Å². The number of nitrogens with zero attached hydrogens (tertiary/aromatic N) is 2. The van der Waals surface area contributed by atoms with Gasteiger partial charge in [0.1, 0.15) is 0 Å². The van der Waals surface area contributed by atoms with Crippen LogP contribution in [0.2, 0.25) is 0 Å². The van der Waals surface area contributed by atoms with E-state index in [1.54, 1.807) is 18.2 Å². The van der Waals surface area contributed by atoms with E-state index >= 15 is 0 Å². The van der Waals surface area contributed by atoms with Gasteiger partial charge in [-0.1, -0.05) is 18.2 Å². The predicted molar refractivity (Wildman–Crippen MR) is 138 cm³/mol. The maximum atomic E-state index is 12.4. The number of rotatable bonds is 8. The lowest BCUT2D eigenvalue weighted by Crippen LogP contribution is -2.21. The summed E-state index contributed by atoms with van der Waals surface area (Å²) in [5, 5.41) is 23.3. The minimum atomic E-state index is -0.493. The summed E-state index contributed by atoms with van der Waals surface area (Å²) >= 11 is 2.07. The number of halogens is 1. The molecule has 3 aromatic rings. The Morgan fingerprint density at radius 3 is 2.53 bits per heavy atom. The molecule has 0 spiro atoms. The lowest BCUT2D eigenvalue weighted by atomic mass is 10.0. The standard InChI is InChI=1S/C25H20IN3O5/c1-16-5-3-4-6-22(16)28-24(30)15-34-25-21(26)12-17(13-23(25)33-2)11-19(14-27)18-7-9-20(10-8-18)29(31)32/h3-13H,15H2,1-2H3,(H,28,30)/b19-11+. The fourth-order valence-corrected chi connectivity index (χ4v) is 3.89. The topological polar surface area (TPSA) is 114 Å². The van der Waals surface area contributed by atoms with E-state index in [4.69, 9.17) is 9.47 Å². The molecule has 9 heteroatoms. The van der Waals surface area contributed by atoms with Crippen molar-refractivity contribution in [3.63, 3.8) is 0 Å². The quantitative estimate of drug-likeness (QED) is 0.124. The summed E-state index contributed by atoms with van der Waals surface area (Å²) in [5.74, 6) is 0.512. The zero-order chi connectivity index (χ0) is 24.7. The molecule has 1 amide bonds. The smallest absolute Gasteiger partial charge is 0.269 e. The van der Waals surface area contributed by atoms with Gasteiger partial charge in [0.2, 0.25) is 0 Å². The molecule has 0 unspecified atom stereocenters. The van der Waals surface area contributed by atoms with Crippen molar-refractivity contribution in [2.24, 2.45) is 0 Å². The van der Waals surface area contributed by atoms with Gasteiger partial charge in [-0.25, -0.2) is 0 Å². The first-order chi connectivity index (χ1) is 16.3. The number of ether oxygens (including phenoxy) is 2. The van der Waals surface area contributed by atoms with Crippen LogP contribution >= 0.6 is 22.6 Å². The highest BCUT2D eigenvalue weighted by Gasteiger charge is 2.15. The van der Waals surface area contributed by atoms with Crippen molar-refractivity contribution in [2.45, 2.75) is 6.92 Å². The maximum Gasteiger partial charge on any atom is 0.269 e. The first-order valence-corrected chi connectivity index (χ1v) is 11.1. The third kappa shape index (κ3) is 6.11. The van der Waals surface area contributed by atoms with Crippen LogP contribution in [0.25, 0.3) is 11.6 Å². The van der Waals surface area contributed by atoms with Crippen molar-refractivity contribution in [3.05, 3.63) is 91.0 Å². The molecule has 172 valence electrons. The van der Waals surface area contributed by atoms with Crippen molar-refractivity contribution in [1.29, 1.82) is 5.26 Å². The van der Waals surface area contributed by atoms with Gasteiger partial charge in [0.15, 0.2) is 18.1 Å². The number of anilines is 1. The minimum Gasteiger partial charge on any atom is -0.493 e. The SMILES string of the molecule is COc1cc(/C=C(\C#N)c2ccc([N+](=O)[O-])cc2)cc(I)c1OCC(=O)Nc1ccccc1C. The lowest BCUT2D eigenvalue weighted by molar-refractivity contribution is -0.384. The summed E-state index contributed by atoms with van der Waals surface area (Å²) in [6, 6.07) is 18.8. The highest BCUT2D eigenvalue weighted by Crippen LogP contribution is 2.35. The molecule has 0 fully saturated rings. The van der Waals surface area contributed by atoms with Gasteiger partial charge in [-0.3, -0.25) is 14.9 Å². The number of carbonyl (C=O) groups is 1. The molecule has 0 radical (unpaired) electrons. The number of nitro groups is 1. The molecule has 0 aliphatic heterocycles. The van der Waals surface area contributed by atoms with E-state index in [1.165, 1.54) is 31.4 Å². The number of nitrogens with one attached hydrogen (secondary N) is 1. The van der Waals surface area contributed by atoms with E-state index < -0.39 is 4.92 Å². The number of non-ortho nitro benzene ring substituents is 1. The van der Waals surface area contributed by atoms with Crippen LogP contribution in [-0.2, 0) is 4.79 Å². The van der Waals surface area contributed by atoms with Crippen LogP contribution in [0.4, 0.5) is 11.4 Å². The van der Waals surface area contributed by atoms with Gasteiger partial charge in [-0.05, 0) is 82.6 Å². The van der Waals surface area contributed by atoms with Crippen molar-refractivity contribution >= 4 is 51.5 Å². The Morgan fingerprint density at radius 2 is 1.91 bits per heavy atom. The Labute approximate surface area is 210 Å². The van der Waals surface area contributed by atoms with E-state index in [0.29, 0.717) is 37.5 Å². The van der Waals surface area contributed by atoms with E-state index in [1.807, 2.05) is 31.2 Å². The van der Waals surface area contributed by atoms with Crippen LogP contribution in [0.5, 0.6) is 11.5 Å². The molecule has 0 saturated carbocycles. The second kappa shape index (κ2) is 11.3. The average Bonchev–Trinajstić information content (AvgIpc) is 2.83. The number of methoxy groups -OCH3 is 1. The average molecular weight is 569 g/mol. The van der Waals surface area contributed by atoms with Gasteiger partial charge in [0.05, 0.1) is 27.2 Å². The second-order valence-corrected chi connectivity index (χ2v) is 8.32. The summed E-state index contributed by atoms with van der Waals surface area (Å²) < 4.78 is 11.9. The van der Waals surface area contributed by atoms with Gasteiger partial charge in [-0.15, -0.1) is 0 Å². The normalized spacial score (nSPS) is 10.8. The monoisotopic (exact) mass is 569 g/mol. The molecule has 34 heavy (non-hydrogen) atoms. The minimum absolute atomic E-state index is 0.0507. The van der Waals surface area contributed by atoms with Gasteiger partial charge >= 0.3 is 0 Å². The van der Waals surface area contributed by atoms with E-state index in [2.05, 4.69) is 34.0 Å². The fraction of sp³-hybridized carbons (Fsp3) is 0.120. The van der Waals surface area contributed by atoms with E-state index in [-0.39, 0.29) is 18.2 Å². The van der Waals surface area contributed by atoms with Crippen molar-refractivity contribution in [1.82, 2.24) is 0 Å². The van der Waals surface area contributed by atoms with Gasteiger partial charge < -0.3 is 14.8 Å². The van der Waals surface area contributed by atoms with Crippen LogP contribution in [0.1, 0.15) is 16.7 Å². The predicted octanol–water partition coefficient (Wildman–Crippen LogP) is 5.60. The van der Waals surface area contributed by atoms with Crippen LogP contribution in [0.3, 0.4) is 0 Å². The van der Waals surface area contributed by atoms with Crippen molar-refractivity contribution in [2.75, 3.05) is 19.0 Å². The Hall–Kier alpha value is -3.91. The Balaban J connectivity index is 1.79. The van der Waals surface area contributed by atoms with Crippen LogP contribution < -0.4 is 14.8 Å². The highest BCUT2D eigenvalue weighted by atomic mass is 127. The van der Waals surface area contributed by atoms with Gasteiger partial charge in [0.25, 0.3) is 11.6 Å². The molecule has 0 aliphatic carbocycles. The first-order valence-electron chi connectivity index (χ1n) is 10.0. The molecule has 0 aromatic heterocycles. The molecular formula is C25H20IN3O5. The molecule has 0 bridgehead atoms. The third-order valence-corrected chi connectivity index (χ3v) is 5.64.